The second kappa shape index (κ2) is 16.7. The summed E-state index contributed by atoms with van der Waals surface area (Å²) in [4.78, 5) is 12.5. The monoisotopic (exact) mass is 532 g/mol. The average molecular weight is 533 g/mol. The van der Waals surface area contributed by atoms with Gasteiger partial charge in [-0.15, -0.1) is 0 Å². The van der Waals surface area contributed by atoms with E-state index in [0.29, 0.717) is 17.7 Å². The van der Waals surface area contributed by atoms with E-state index in [2.05, 4.69) is 13.8 Å². The summed E-state index contributed by atoms with van der Waals surface area (Å²) in [5, 5.41) is 0. The van der Waals surface area contributed by atoms with Gasteiger partial charge in [0.1, 0.15) is 11.6 Å². The number of carbonyl (C=O) groups excluding carboxylic acids is 1. The van der Waals surface area contributed by atoms with Crippen LogP contribution in [-0.2, 0) is 4.74 Å². The highest BCUT2D eigenvalue weighted by Crippen LogP contribution is 2.29. The number of unbranched alkanes of at least 4 members (excludes halogenated alkanes) is 8. The zero-order valence-corrected chi connectivity index (χ0v) is 24.0. The lowest BCUT2D eigenvalue weighted by atomic mass is 9.99. The average Bonchev–Trinajstić information content (AvgIpc) is 2.95. The number of hydrogen-bond acceptors (Lipinski definition) is 3. The van der Waals surface area contributed by atoms with E-state index in [1.54, 1.807) is 24.3 Å². The predicted octanol–water partition coefficient (Wildman–Crippen LogP) is 10.4. The van der Waals surface area contributed by atoms with E-state index in [9.17, 15) is 4.79 Å². The quantitative estimate of drug-likeness (QED) is 0.128. The maximum Gasteiger partial charge on any atom is 0.338 e. The Kier molecular flexibility index (Phi) is 13.1. The Labute approximate surface area is 234 Å². The maximum absolute atomic E-state index is 15.1. The van der Waals surface area contributed by atoms with Crippen molar-refractivity contribution in [1.82, 2.24) is 0 Å². The number of benzene rings is 3. The number of rotatable bonds is 17. The third-order valence-electron chi connectivity index (χ3n) is 7.13. The van der Waals surface area contributed by atoms with Gasteiger partial charge in [0, 0.05) is 5.56 Å². The van der Waals surface area contributed by atoms with Gasteiger partial charge in [-0.2, -0.15) is 0 Å². The third kappa shape index (κ3) is 10.2. The summed E-state index contributed by atoms with van der Waals surface area (Å²) in [5.41, 5.74) is 3.49. The molecule has 0 radical (unpaired) electrons. The van der Waals surface area contributed by atoms with Crippen LogP contribution in [0.1, 0.15) is 102 Å². The highest BCUT2D eigenvalue weighted by molar-refractivity contribution is 5.90. The topological polar surface area (TPSA) is 35.5 Å². The van der Waals surface area contributed by atoms with Crippen LogP contribution in [0.2, 0.25) is 0 Å². The van der Waals surface area contributed by atoms with Crippen molar-refractivity contribution in [2.75, 3.05) is 6.61 Å². The smallest absolute Gasteiger partial charge is 0.338 e. The molecule has 1 unspecified atom stereocenters. The lowest BCUT2D eigenvalue weighted by molar-refractivity contribution is 0.0319. The van der Waals surface area contributed by atoms with Crippen LogP contribution in [0, 0.1) is 5.82 Å². The van der Waals surface area contributed by atoms with Crippen LogP contribution < -0.4 is 4.74 Å². The molecule has 0 bridgehead atoms. The second-order valence-electron chi connectivity index (χ2n) is 10.5. The third-order valence-corrected chi connectivity index (χ3v) is 7.13. The van der Waals surface area contributed by atoms with E-state index in [-0.39, 0.29) is 17.9 Å². The van der Waals surface area contributed by atoms with Crippen molar-refractivity contribution in [3.63, 3.8) is 0 Å². The standard InChI is InChI=1S/C35H45FO3/c1-4-6-8-10-11-13-25-38-32-22-19-29(20-23-32)33-24-21-31(26-34(33)36)28-15-17-30(18-16-28)35(37)39-27(3)14-12-9-7-5-2/h15-24,26-27H,4-14,25H2,1-3H3. The van der Waals surface area contributed by atoms with Crippen LogP contribution in [0.3, 0.4) is 0 Å². The van der Waals surface area contributed by atoms with Gasteiger partial charge >= 0.3 is 5.97 Å². The van der Waals surface area contributed by atoms with Gasteiger partial charge in [0.2, 0.25) is 0 Å². The largest absolute Gasteiger partial charge is 0.494 e. The molecule has 0 aliphatic rings. The Morgan fingerprint density at radius 1 is 0.718 bits per heavy atom. The molecule has 0 aliphatic heterocycles. The van der Waals surface area contributed by atoms with Gasteiger partial charge in [0.15, 0.2) is 0 Å². The minimum Gasteiger partial charge on any atom is -0.494 e. The molecule has 0 aromatic heterocycles. The summed E-state index contributed by atoms with van der Waals surface area (Å²) in [7, 11) is 0. The van der Waals surface area contributed by atoms with Gasteiger partial charge in [-0.3, -0.25) is 0 Å². The van der Waals surface area contributed by atoms with Gasteiger partial charge in [0.05, 0.1) is 18.3 Å². The molecule has 0 amide bonds. The Morgan fingerprint density at radius 2 is 1.31 bits per heavy atom. The van der Waals surface area contributed by atoms with Crippen molar-refractivity contribution in [3.05, 3.63) is 78.1 Å². The first kappa shape index (κ1) is 30.4. The Balaban J connectivity index is 1.53. The van der Waals surface area contributed by atoms with E-state index >= 15 is 4.39 Å². The summed E-state index contributed by atoms with van der Waals surface area (Å²) in [6.07, 6.45) is 12.8. The highest BCUT2D eigenvalue weighted by atomic mass is 19.1. The van der Waals surface area contributed by atoms with Crippen molar-refractivity contribution in [3.8, 4) is 28.0 Å². The number of esters is 1. The van der Waals surface area contributed by atoms with Gasteiger partial charge in [0.25, 0.3) is 0 Å². The minimum atomic E-state index is -0.314. The van der Waals surface area contributed by atoms with E-state index in [4.69, 9.17) is 9.47 Å². The molecular formula is C35H45FO3. The molecule has 0 saturated carbocycles. The maximum atomic E-state index is 15.1. The molecule has 210 valence electrons. The normalized spacial score (nSPS) is 11.8. The summed E-state index contributed by atoms with van der Waals surface area (Å²) in [6.45, 7) is 7.06. The fraction of sp³-hybridized carbons (Fsp3) is 0.457. The first-order valence-electron chi connectivity index (χ1n) is 14.9. The molecule has 0 aliphatic carbocycles. The summed E-state index contributed by atoms with van der Waals surface area (Å²) < 4.78 is 26.5. The predicted molar refractivity (Wildman–Crippen MR) is 160 cm³/mol. The molecule has 0 heterocycles. The molecule has 3 rings (SSSR count). The molecule has 3 nitrogen and oxygen atoms in total. The highest BCUT2D eigenvalue weighted by Gasteiger charge is 2.13. The van der Waals surface area contributed by atoms with Crippen LogP contribution in [0.5, 0.6) is 5.75 Å². The second-order valence-corrected chi connectivity index (χ2v) is 10.5. The number of ether oxygens (including phenoxy) is 2. The number of carbonyl (C=O) groups is 1. The Bertz CT molecular complexity index is 1120. The molecular weight excluding hydrogens is 487 g/mol. The SMILES string of the molecule is CCCCCCCCOc1ccc(-c2ccc(-c3ccc(C(=O)OC(C)CCCCCC)cc3)cc2F)cc1. The van der Waals surface area contributed by atoms with Crippen molar-refractivity contribution >= 4 is 5.97 Å². The summed E-state index contributed by atoms with van der Waals surface area (Å²) in [5.74, 6) is 0.216. The molecule has 0 saturated heterocycles. The first-order chi connectivity index (χ1) is 19.0. The fourth-order valence-corrected chi connectivity index (χ4v) is 4.70. The van der Waals surface area contributed by atoms with Gasteiger partial charge in [-0.1, -0.05) is 102 Å². The van der Waals surface area contributed by atoms with E-state index in [1.807, 2.05) is 49.4 Å². The van der Waals surface area contributed by atoms with E-state index in [1.165, 1.54) is 51.4 Å². The fourth-order valence-electron chi connectivity index (χ4n) is 4.70. The van der Waals surface area contributed by atoms with Crippen LogP contribution in [-0.4, -0.2) is 18.7 Å². The van der Waals surface area contributed by atoms with Crippen LogP contribution in [0.15, 0.2) is 66.7 Å². The molecule has 1 atom stereocenters. The molecule has 39 heavy (non-hydrogen) atoms. The lowest BCUT2D eigenvalue weighted by Crippen LogP contribution is -2.15. The minimum absolute atomic E-state index is 0.100. The Morgan fingerprint density at radius 3 is 1.97 bits per heavy atom. The van der Waals surface area contributed by atoms with Crippen molar-refractivity contribution in [2.24, 2.45) is 0 Å². The molecule has 4 heteroatoms. The van der Waals surface area contributed by atoms with Crippen molar-refractivity contribution in [2.45, 2.75) is 97.5 Å². The zero-order chi connectivity index (χ0) is 27.9. The molecule has 3 aromatic rings. The van der Waals surface area contributed by atoms with Crippen LogP contribution >= 0.6 is 0 Å². The van der Waals surface area contributed by atoms with E-state index in [0.717, 1.165) is 41.7 Å². The molecule has 0 spiro atoms. The molecule has 0 N–H and O–H groups in total. The first-order valence-corrected chi connectivity index (χ1v) is 14.9. The summed E-state index contributed by atoms with van der Waals surface area (Å²) in [6, 6.07) is 20.1. The van der Waals surface area contributed by atoms with E-state index < -0.39 is 0 Å². The van der Waals surface area contributed by atoms with Crippen molar-refractivity contribution in [1.29, 1.82) is 0 Å². The summed E-state index contributed by atoms with van der Waals surface area (Å²) >= 11 is 0. The number of hydrogen-bond donors (Lipinski definition) is 0. The van der Waals surface area contributed by atoms with Gasteiger partial charge in [-0.05, 0) is 73.2 Å². The van der Waals surface area contributed by atoms with Crippen LogP contribution in [0.4, 0.5) is 4.39 Å². The Hall–Kier alpha value is -3.14. The van der Waals surface area contributed by atoms with Gasteiger partial charge in [-0.25, -0.2) is 9.18 Å². The van der Waals surface area contributed by atoms with Gasteiger partial charge < -0.3 is 9.47 Å². The zero-order valence-electron chi connectivity index (χ0n) is 24.0. The van der Waals surface area contributed by atoms with Crippen LogP contribution in [0.25, 0.3) is 22.3 Å². The molecule has 3 aromatic carbocycles. The lowest BCUT2D eigenvalue weighted by Gasteiger charge is -2.13. The molecule has 0 fully saturated rings. The van der Waals surface area contributed by atoms with Crippen molar-refractivity contribution < 1.29 is 18.7 Å². The number of halogens is 1.